The number of hydrogen-bond donors (Lipinski definition) is 1. The minimum absolute atomic E-state index is 0.00946. The van der Waals surface area contributed by atoms with Gasteiger partial charge in [0, 0.05) is 23.9 Å². The van der Waals surface area contributed by atoms with Gasteiger partial charge in [0.05, 0.1) is 50.4 Å². The highest BCUT2D eigenvalue weighted by atomic mass is 32.1. The highest BCUT2D eigenvalue weighted by Crippen LogP contribution is 2.47. The number of aromatic carboxylic acids is 1. The molecule has 4 rings (SSSR count). The van der Waals surface area contributed by atoms with E-state index in [2.05, 4.69) is 41.9 Å². The number of ether oxygens (including phenoxy) is 1. The number of hydrogen-bond acceptors (Lipinski definition) is 6. The van der Waals surface area contributed by atoms with Crippen molar-refractivity contribution in [3.05, 3.63) is 15.8 Å². The summed E-state index contributed by atoms with van der Waals surface area (Å²) in [5, 5.41) is 20.7. The number of carboxylic acids is 1. The van der Waals surface area contributed by atoms with Crippen molar-refractivity contribution in [2.24, 2.45) is 17.3 Å². The summed E-state index contributed by atoms with van der Waals surface area (Å²) in [5.74, 6) is 0.00974. The van der Waals surface area contributed by atoms with Gasteiger partial charge in [-0.25, -0.2) is 0 Å². The van der Waals surface area contributed by atoms with E-state index in [1.165, 1.54) is 11.3 Å². The molecule has 8 heteroatoms. The number of nitrogens with zero attached hydrogens (tertiary/aromatic N) is 2. The second-order valence-corrected chi connectivity index (χ2v) is 15.7. The van der Waals surface area contributed by atoms with Crippen LogP contribution < -0.4 is 10.0 Å². The maximum atomic E-state index is 14.0. The standard InChI is InChI=1S/C28H43NO4S.C5H14NO/c1-18-5-7-20(8-6-18)26(30)29(21-9-11-22(33-4)12-10-21)23-17-24(34-25(23)27(31)32)19-13-15-28(2,3)16-14-19;1-6(2,3)4-5-7/h17-22H,5-16H2,1-4H3,(H,31,32);7H,4-5H2,1-3H3/q;+1/p-1. The summed E-state index contributed by atoms with van der Waals surface area (Å²) >= 11 is 1.36. The third-order valence-corrected chi connectivity index (χ3v) is 10.9. The summed E-state index contributed by atoms with van der Waals surface area (Å²) in [6.45, 7) is 8.01. The number of carboxylic acid groups (broad SMARTS) is 1. The van der Waals surface area contributed by atoms with Crippen LogP contribution in [-0.2, 0) is 9.53 Å². The first-order valence-corrected chi connectivity index (χ1v) is 16.7. The molecule has 1 aromatic heterocycles. The van der Waals surface area contributed by atoms with Crippen molar-refractivity contribution in [1.29, 1.82) is 0 Å². The Morgan fingerprint density at radius 3 is 2.07 bits per heavy atom. The summed E-state index contributed by atoms with van der Waals surface area (Å²) in [7, 11) is 7.91. The maximum Gasteiger partial charge on any atom is 0.230 e. The molecule has 1 heterocycles. The Morgan fingerprint density at radius 1 is 1.02 bits per heavy atom. The van der Waals surface area contributed by atoms with Gasteiger partial charge < -0.3 is 29.1 Å². The molecule has 7 nitrogen and oxygen atoms in total. The van der Waals surface area contributed by atoms with Crippen molar-refractivity contribution in [3.63, 3.8) is 0 Å². The monoisotopic (exact) mass is 592 g/mol. The molecule has 1 amide bonds. The van der Waals surface area contributed by atoms with Gasteiger partial charge in [-0.3, -0.25) is 4.79 Å². The van der Waals surface area contributed by atoms with Crippen molar-refractivity contribution in [2.75, 3.05) is 46.3 Å². The molecule has 41 heavy (non-hydrogen) atoms. The topological polar surface area (TPSA) is 89.9 Å². The van der Waals surface area contributed by atoms with Crippen LogP contribution in [0.3, 0.4) is 0 Å². The number of amides is 1. The third kappa shape index (κ3) is 9.77. The lowest BCUT2D eigenvalue weighted by Gasteiger charge is -2.39. The number of carbonyl (C=O) groups excluding carboxylic acids is 2. The van der Waals surface area contributed by atoms with Crippen LogP contribution in [0.4, 0.5) is 5.69 Å². The van der Waals surface area contributed by atoms with Crippen LogP contribution in [0.15, 0.2) is 6.07 Å². The van der Waals surface area contributed by atoms with Gasteiger partial charge in [-0.05, 0) is 100 Å². The zero-order valence-corrected chi connectivity index (χ0v) is 27.6. The van der Waals surface area contributed by atoms with Gasteiger partial charge in [-0.2, -0.15) is 0 Å². The van der Waals surface area contributed by atoms with Crippen LogP contribution in [0.5, 0.6) is 0 Å². The van der Waals surface area contributed by atoms with Gasteiger partial charge in [0.25, 0.3) is 0 Å². The van der Waals surface area contributed by atoms with Gasteiger partial charge >= 0.3 is 0 Å². The number of likely N-dealkylation sites (N-methyl/N-ethyl adjacent to an activating group) is 1. The number of quaternary nitrogens is 1. The van der Waals surface area contributed by atoms with E-state index in [1.54, 1.807) is 7.11 Å². The Labute approximate surface area is 252 Å². The van der Waals surface area contributed by atoms with Crippen molar-refractivity contribution in [2.45, 2.75) is 116 Å². The van der Waals surface area contributed by atoms with E-state index < -0.39 is 5.97 Å². The molecule has 0 bridgehead atoms. The summed E-state index contributed by atoms with van der Waals surface area (Å²) in [4.78, 5) is 29.5. The number of aliphatic hydroxyl groups is 1. The normalized spacial score (nSPS) is 27.0. The second kappa shape index (κ2) is 14.8. The lowest BCUT2D eigenvalue weighted by Crippen LogP contribution is -2.47. The maximum absolute atomic E-state index is 14.0. The predicted molar refractivity (Wildman–Crippen MR) is 165 cm³/mol. The molecule has 3 aliphatic carbocycles. The molecule has 0 saturated heterocycles. The summed E-state index contributed by atoms with van der Waals surface area (Å²) < 4.78 is 6.41. The zero-order chi connectivity index (χ0) is 30.4. The van der Waals surface area contributed by atoms with Crippen LogP contribution in [0.2, 0.25) is 0 Å². The van der Waals surface area contributed by atoms with Crippen molar-refractivity contribution in [3.8, 4) is 0 Å². The first kappa shape index (κ1) is 34.0. The Balaban J connectivity index is 0.000000587. The second-order valence-electron chi connectivity index (χ2n) is 14.7. The number of carbonyl (C=O) groups is 2. The highest BCUT2D eigenvalue weighted by Gasteiger charge is 2.38. The molecule has 3 aliphatic rings. The summed E-state index contributed by atoms with van der Waals surface area (Å²) in [6.07, 6.45) is 12.1. The highest BCUT2D eigenvalue weighted by molar-refractivity contribution is 7.14. The van der Waals surface area contributed by atoms with Gasteiger partial charge in [0.1, 0.15) is 6.54 Å². The van der Waals surface area contributed by atoms with Crippen molar-refractivity contribution >= 4 is 28.9 Å². The van der Waals surface area contributed by atoms with Crippen LogP contribution >= 0.6 is 11.3 Å². The number of thiophene rings is 1. The van der Waals surface area contributed by atoms with Crippen LogP contribution in [0.1, 0.15) is 118 Å². The molecule has 0 aliphatic heterocycles. The Bertz CT molecular complexity index is 974. The first-order chi connectivity index (χ1) is 19.2. The van der Waals surface area contributed by atoms with Crippen LogP contribution in [0.25, 0.3) is 0 Å². The summed E-state index contributed by atoms with van der Waals surface area (Å²) in [5.41, 5.74) is 0.961. The van der Waals surface area contributed by atoms with Crippen LogP contribution in [0, 0.1) is 17.3 Å². The van der Waals surface area contributed by atoms with E-state index in [1.807, 2.05) is 11.0 Å². The molecule has 3 saturated carbocycles. The first-order valence-electron chi connectivity index (χ1n) is 15.9. The average molecular weight is 593 g/mol. The Morgan fingerprint density at radius 2 is 1.61 bits per heavy atom. The number of aliphatic hydroxyl groups excluding tert-OH is 1. The molecule has 1 N–H and O–H groups in total. The average Bonchev–Trinajstić information content (AvgIpc) is 3.34. The van der Waals surface area contributed by atoms with Crippen molar-refractivity contribution < 1.29 is 29.0 Å². The largest absolute Gasteiger partial charge is 0.544 e. The van der Waals surface area contributed by atoms with E-state index in [0.29, 0.717) is 22.9 Å². The molecule has 0 radical (unpaired) electrons. The van der Waals surface area contributed by atoms with Crippen LogP contribution in [-0.4, -0.2) is 75.0 Å². The summed E-state index contributed by atoms with van der Waals surface area (Å²) in [6, 6.07) is 2.08. The van der Waals surface area contributed by atoms with Crippen molar-refractivity contribution in [1.82, 2.24) is 0 Å². The molecular weight excluding hydrogens is 536 g/mol. The van der Waals surface area contributed by atoms with Gasteiger partial charge in [0.2, 0.25) is 5.91 Å². The minimum Gasteiger partial charge on any atom is -0.544 e. The molecule has 0 spiro atoms. The molecule has 0 unspecified atom stereocenters. The van der Waals surface area contributed by atoms with E-state index >= 15 is 0 Å². The van der Waals surface area contributed by atoms with Gasteiger partial charge in [0.15, 0.2) is 0 Å². The molecular formula is C33H56N2O5S. The zero-order valence-electron chi connectivity index (χ0n) is 26.7. The van der Waals surface area contributed by atoms with E-state index in [-0.39, 0.29) is 35.5 Å². The number of methoxy groups -OCH3 is 1. The van der Waals surface area contributed by atoms with E-state index in [9.17, 15) is 14.7 Å². The van der Waals surface area contributed by atoms with E-state index in [0.717, 1.165) is 93.0 Å². The third-order valence-electron chi connectivity index (χ3n) is 9.63. The van der Waals surface area contributed by atoms with Gasteiger partial charge in [-0.1, -0.05) is 20.8 Å². The lowest BCUT2D eigenvalue weighted by atomic mass is 9.73. The minimum atomic E-state index is -1.15. The molecule has 0 aromatic carbocycles. The lowest BCUT2D eigenvalue weighted by molar-refractivity contribution is -0.870. The molecule has 0 atom stereocenters. The molecule has 1 aromatic rings. The smallest absolute Gasteiger partial charge is 0.230 e. The fourth-order valence-corrected chi connectivity index (χ4v) is 7.80. The SMILES string of the molecule is COC1CCC(N(C(=O)C2CCC(C)CC2)c2cc(C3CCC(C)(C)CC3)sc2C(=O)[O-])CC1.C[N+](C)(C)CCO. The molecule has 3 fully saturated rings. The quantitative estimate of drug-likeness (QED) is 0.397. The number of rotatable bonds is 8. The Hall–Kier alpha value is -1.48. The number of anilines is 1. The fourth-order valence-electron chi connectivity index (χ4n) is 6.65. The molecule has 234 valence electrons. The van der Waals surface area contributed by atoms with E-state index in [4.69, 9.17) is 9.84 Å². The van der Waals surface area contributed by atoms with Gasteiger partial charge in [-0.15, -0.1) is 11.3 Å². The predicted octanol–water partition coefficient (Wildman–Crippen LogP) is 5.60. The fraction of sp³-hybridized carbons (Fsp3) is 0.818. The Kier molecular flexibility index (Phi) is 12.3.